The minimum atomic E-state index is 0.465. The summed E-state index contributed by atoms with van der Waals surface area (Å²) in [7, 11) is 0. The molecule has 1 aromatic carbocycles. The summed E-state index contributed by atoms with van der Waals surface area (Å²) in [6.07, 6.45) is 10.9. The first-order valence-corrected chi connectivity index (χ1v) is 7.60. The number of hydrogen-bond donors (Lipinski definition) is 1. The average Bonchev–Trinajstić information content (AvgIpc) is 3.21. The van der Waals surface area contributed by atoms with Crippen LogP contribution in [0.3, 0.4) is 0 Å². The van der Waals surface area contributed by atoms with Crippen LogP contribution in [0.5, 0.6) is 0 Å². The van der Waals surface area contributed by atoms with Gasteiger partial charge in [0.1, 0.15) is 0 Å². The van der Waals surface area contributed by atoms with Crippen LogP contribution in [-0.2, 0) is 6.42 Å². The number of nitrogens with two attached hydrogens (primary N) is 1. The first kappa shape index (κ1) is 12.2. The van der Waals surface area contributed by atoms with Crippen molar-refractivity contribution in [2.75, 3.05) is 6.54 Å². The fourth-order valence-electron chi connectivity index (χ4n) is 3.41. The second kappa shape index (κ2) is 5.05. The van der Waals surface area contributed by atoms with Crippen LogP contribution < -0.4 is 5.73 Å². The highest BCUT2D eigenvalue weighted by Crippen LogP contribution is 2.47. The molecule has 2 saturated carbocycles. The molecule has 0 radical (unpaired) electrons. The smallest absolute Gasteiger partial charge is 0.00173 e. The third-order valence-corrected chi connectivity index (χ3v) is 5.03. The van der Waals surface area contributed by atoms with E-state index in [4.69, 9.17) is 5.73 Å². The molecule has 3 rings (SSSR count). The van der Waals surface area contributed by atoms with Gasteiger partial charge in [-0.15, -0.1) is 0 Å². The molecule has 0 unspecified atom stereocenters. The first-order chi connectivity index (χ1) is 8.81. The topological polar surface area (TPSA) is 26.0 Å². The van der Waals surface area contributed by atoms with Gasteiger partial charge in [-0.1, -0.05) is 43.5 Å². The standard InChI is InChI=1S/C17H25N/c18-13-17(10-11-17)12-14-6-8-16(9-7-14)15-4-2-1-3-5-15/h6-9,15H,1-5,10-13,18H2. The lowest BCUT2D eigenvalue weighted by molar-refractivity contribution is 0.443. The van der Waals surface area contributed by atoms with Crippen molar-refractivity contribution in [1.29, 1.82) is 0 Å². The van der Waals surface area contributed by atoms with Crippen molar-refractivity contribution in [3.05, 3.63) is 35.4 Å². The quantitative estimate of drug-likeness (QED) is 0.849. The Morgan fingerprint density at radius 2 is 1.67 bits per heavy atom. The predicted octanol–water partition coefficient (Wildman–Crippen LogP) is 4.02. The van der Waals surface area contributed by atoms with E-state index in [2.05, 4.69) is 24.3 Å². The molecule has 2 aliphatic carbocycles. The highest BCUT2D eigenvalue weighted by molar-refractivity contribution is 5.27. The molecule has 18 heavy (non-hydrogen) atoms. The Morgan fingerprint density at radius 3 is 2.22 bits per heavy atom. The van der Waals surface area contributed by atoms with Crippen molar-refractivity contribution in [2.24, 2.45) is 11.1 Å². The molecule has 1 heteroatoms. The highest BCUT2D eigenvalue weighted by atomic mass is 14.6. The zero-order valence-electron chi connectivity index (χ0n) is 11.3. The van der Waals surface area contributed by atoms with Crippen LogP contribution >= 0.6 is 0 Å². The third kappa shape index (κ3) is 2.61. The van der Waals surface area contributed by atoms with Crippen molar-refractivity contribution < 1.29 is 0 Å². The van der Waals surface area contributed by atoms with E-state index < -0.39 is 0 Å². The monoisotopic (exact) mass is 243 g/mol. The molecular weight excluding hydrogens is 218 g/mol. The molecule has 0 aromatic heterocycles. The van der Waals surface area contributed by atoms with Gasteiger partial charge in [0, 0.05) is 0 Å². The summed E-state index contributed by atoms with van der Waals surface area (Å²) in [6, 6.07) is 9.44. The minimum Gasteiger partial charge on any atom is -0.330 e. The van der Waals surface area contributed by atoms with E-state index in [9.17, 15) is 0 Å². The molecule has 98 valence electrons. The normalized spacial score (nSPS) is 22.9. The maximum atomic E-state index is 5.86. The van der Waals surface area contributed by atoms with Crippen LogP contribution in [0.25, 0.3) is 0 Å². The van der Waals surface area contributed by atoms with E-state index in [0.717, 1.165) is 12.5 Å². The Morgan fingerprint density at radius 1 is 1.00 bits per heavy atom. The summed E-state index contributed by atoms with van der Waals surface area (Å²) in [5.74, 6) is 0.831. The van der Waals surface area contributed by atoms with Crippen molar-refractivity contribution >= 4 is 0 Å². The lowest BCUT2D eigenvalue weighted by atomic mass is 9.83. The molecule has 0 spiro atoms. The molecule has 1 nitrogen and oxygen atoms in total. The Labute approximate surface area is 111 Å². The largest absolute Gasteiger partial charge is 0.330 e. The second-order valence-electron chi connectivity index (χ2n) is 6.46. The van der Waals surface area contributed by atoms with Gasteiger partial charge in [0.25, 0.3) is 0 Å². The molecule has 2 aliphatic rings. The third-order valence-electron chi connectivity index (χ3n) is 5.03. The van der Waals surface area contributed by atoms with Gasteiger partial charge in [-0.05, 0) is 61.1 Å². The van der Waals surface area contributed by atoms with Crippen LogP contribution in [0.2, 0.25) is 0 Å². The molecule has 0 aliphatic heterocycles. The number of hydrogen-bond acceptors (Lipinski definition) is 1. The predicted molar refractivity (Wildman–Crippen MR) is 76.7 cm³/mol. The van der Waals surface area contributed by atoms with Gasteiger partial charge in [-0.3, -0.25) is 0 Å². The number of rotatable bonds is 4. The summed E-state index contributed by atoms with van der Waals surface area (Å²) in [4.78, 5) is 0. The Bertz CT molecular complexity index is 383. The van der Waals surface area contributed by atoms with Crippen LogP contribution in [0, 0.1) is 5.41 Å². The van der Waals surface area contributed by atoms with E-state index in [1.165, 1.54) is 56.9 Å². The Kier molecular flexibility index (Phi) is 3.43. The number of benzene rings is 1. The fraction of sp³-hybridized carbons (Fsp3) is 0.647. The van der Waals surface area contributed by atoms with Gasteiger partial charge in [0.15, 0.2) is 0 Å². The molecule has 0 amide bonds. The average molecular weight is 243 g/mol. The van der Waals surface area contributed by atoms with E-state index in [1.807, 2.05) is 0 Å². The molecule has 0 atom stereocenters. The summed E-state index contributed by atoms with van der Waals surface area (Å²) < 4.78 is 0. The van der Waals surface area contributed by atoms with Crippen molar-refractivity contribution in [3.63, 3.8) is 0 Å². The summed E-state index contributed by atoms with van der Waals surface area (Å²) in [6.45, 7) is 0.859. The van der Waals surface area contributed by atoms with Crippen molar-refractivity contribution in [3.8, 4) is 0 Å². The van der Waals surface area contributed by atoms with Gasteiger partial charge in [-0.2, -0.15) is 0 Å². The van der Waals surface area contributed by atoms with Crippen LogP contribution in [-0.4, -0.2) is 6.54 Å². The summed E-state index contributed by atoms with van der Waals surface area (Å²) in [5, 5.41) is 0. The zero-order chi connectivity index (χ0) is 12.4. The molecular formula is C17H25N. The molecule has 2 fully saturated rings. The lowest BCUT2D eigenvalue weighted by Gasteiger charge is -2.22. The minimum absolute atomic E-state index is 0.465. The van der Waals surface area contributed by atoms with Crippen LogP contribution in [0.4, 0.5) is 0 Å². The van der Waals surface area contributed by atoms with Gasteiger partial charge in [0.2, 0.25) is 0 Å². The molecule has 0 bridgehead atoms. The maximum absolute atomic E-state index is 5.86. The maximum Gasteiger partial charge on any atom is -0.00173 e. The highest BCUT2D eigenvalue weighted by Gasteiger charge is 2.40. The zero-order valence-corrected chi connectivity index (χ0v) is 11.3. The Hall–Kier alpha value is -0.820. The van der Waals surface area contributed by atoms with E-state index in [-0.39, 0.29) is 0 Å². The van der Waals surface area contributed by atoms with Crippen LogP contribution in [0.15, 0.2) is 24.3 Å². The van der Waals surface area contributed by atoms with E-state index >= 15 is 0 Å². The van der Waals surface area contributed by atoms with Gasteiger partial charge >= 0.3 is 0 Å². The Balaban J connectivity index is 1.65. The van der Waals surface area contributed by atoms with E-state index in [0.29, 0.717) is 5.41 Å². The molecule has 0 heterocycles. The van der Waals surface area contributed by atoms with Gasteiger partial charge < -0.3 is 5.73 Å². The summed E-state index contributed by atoms with van der Waals surface area (Å²) in [5.41, 5.74) is 9.38. The first-order valence-electron chi connectivity index (χ1n) is 7.60. The van der Waals surface area contributed by atoms with Crippen LogP contribution in [0.1, 0.15) is 62.0 Å². The van der Waals surface area contributed by atoms with Gasteiger partial charge in [-0.25, -0.2) is 0 Å². The van der Waals surface area contributed by atoms with Gasteiger partial charge in [0.05, 0.1) is 0 Å². The SMILES string of the molecule is NCC1(Cc2ccc(C3CCCCC3)cc2)CC1. The molecule has 1 aromatic rings. The second-order valence-corrected chi connectivity index (χ2v) is 6.46. The molecule has 2 N–H and O–H groups in total. The summed E-state index contributed by atoms with van der Waals surface area (Å²) >= 11 is 0. The van der Waals surface area contributed by atoms with Crippen molar-refractivity contribution in [2.45, 2.75) is 57.3 Å². The van der Waals surface area contributed by atoms with Crippen molar-refractivity contribution in [1.82, 2.24) is 0 Å². The lowest BCUT2D eigenvalue weighted by Crippen LogP contribution is -2.17. The molecule has 0 saturated heterocycles. The fourth-order valence-corrected chi connectivity index (χ4v) is 3.41. The van der Waals surface area contributed by atoms with E-state index in [1.54, 1.807) is 5.56 Å².